The highest BCUT2D eigenvalue weighted by molar-refractivity contribution is 5.68. The van der Waals surface area contributed by atoms with Crippen molar-refractivity contribution < 1.29 is 9.90 Å². The molecule has 3 N–H and O–H groups in total. The molecule has 0 aliphatic carbocycles. The zero-order valence-electron chi connectivity index (χ0n) is 7.40. The third kappa shape index (κ3) is 2.52. The molecule has 1 aromatic heterocycles. The van der Waals surface area contributed by atoms with Crippen molar-refractivity contribution in [3.63, 3.8) is 0 Å². The Morgan fingerprint density at radius 3 is 2.85 bits per heavy atom. The highest BCUT2D eigenvalue weighted by Gasteiger charge is 2.25. The lowest BCUT2D eigenvalue weighted by atomic mass is 9.94. The summed E-state index contributed by atoms with van der Waals surface area (Å²) in [7, 11) is 0. The Labute approximate surface area is 76.4 Å². The van der Waals surface area contributed by atoms with E-state index in [1.807, 2.05) is 0 Å². The normalized spacial score (nSPS) is 14.9. The van der Waals surface area contributed by atoms with E-state index in [0.29, 0.717) is 5.69 Å². The molecule has 1 aromatic rings. The molecule has 13 heavy (non-hydrogen) atoms. The van der Waals surface area contributed by atoms with Crippen LogP contribution >= 0.6 is 0 Å². The maximum Gasteiger partial charge on any atom is 0.305 e. The quantitative estimate of drug-likeness (QED) is 0.719. The summed E-state index contributed by atoms with van der Waals surface area (Å²) in [6.07, 6.45) is 1.48. The van der Waals surface area contributed by atoms with Crippen LogP contribution in [0.1, 0.15) is 19.0 Å². The summed E-state index contributed by atoms with van der Waals surface area (Å²) < 4.78 is 0. The summed E-state index contributed by atoms with van der Waals surface area (Å²) in [5, 5.41) is 8.60. The molecule has 0 bridgehead atoms. The number of carboxylic acid groups (broad SMARTS) is 1. The number of nitrogens with two attached hydrogens (primary N) is 1. The number of hydrogen-bond acceptors (Lipinski definition) is 3. The minimum Gasteiger partial charge on any atom is -0.481 e. The standard InChI is InChI=1S/C9H12N2O2/c1-9(10,6-8(12)13)7-4-2-3-5-11-7/h2-5H,6,10H2,1H3,(H,12,13). The second kappa shape index (κ2) is 3.53. The van der Waals surface area contributed by atoms with E-state index in [0.717, 1.165) is 0 Å². The highest BCUT2D eigenvalue weighted by Crippen LogP contribution is 2.18. The summed E-state index contributed by atoms with van der Waals surface area (Å²) in [4.78, 5) is 14.5. The molecule has 1 unspecified atom stereocenters. The first kappa shape index (κ1) is 9.67. The Morgan fingerprint density at radius 2 is 2.38 bits per heavy atom. The zero-order valence-corrected chi connectivity index (χ0v) is 7.40. The molecule has 0 fully saturated rings. The first-order valence-electron chi connectivity index (χ1n) is 3.94. The maximum atomic E-state index is 10.5. The van der Waals surface area contributed by atoms with E-state index < -0.39 is 11.5 Å². The van der Waals surface area contributed by atoms with Crippen molar-refractivity contribution in [2.75, 3.05) is 0 Å². The van der Waals surface area contributed by atoms with Gasteiger partial charge < -0.3 is 10.8 Å². The van der Waals surface area contributed by atoms with Crippen LogP contribution in [0.15, 0.2) is 24.4 Å². The Bertz CT molecular complexity index is 296. The van der Waals surface area contributed by atoms with Gasteiger partial charge in [0.25, 0.3) is 0 Å². The second-order valence-electron chi connectivity index (χ2n) is 3.20. The number of carbonyl (C=O) groups is 1. The topological polar surface area (TPSA) is 76.2 Å². The van der Waals surface area contributed by atoms with Crippen LogP contribution in [-0.2, 0) is 10.3 Å². The molecule has 0 radical (unpaired) electrons. The van der Waals surface area contributed by atoms with Gasteiger partial charge in [-0.05, 0) is 19.1 Å². The first-order valence-corrected chi connectivity index (χ1v) is 3.94. The lowest BCUT2D eigenvalue weighted by molar-refractivity contribution is -0.138. The SMILES string of the molecule is CC(N)(CC(=O)O)c1ccccn1. The fraction of sp³-hybridized carbons (Fsp3) is 0.333. The van der Waals surface area contributed by atoms with E-state index in [2.05, 4.69) is 4.98 Å². The van der Waals surface area contributed by atoms with Gasteiger partial charge in [0.2, 0.25) is 0 Å². The van der Waals surface area contributed by atoms with Crippen LogP contribution in [-0.4, -0.2) is 16.1 Å². The summed E-state index contributed by atoms with van der Waals surface area (Å²) in [5.41, 5.74) is 5.49. The average Bonchev–Trinajstić information content (AvgIpc) is 2.04. The van der Waals surface area contributed by atoms with Crippen molar-refractivity contribution in [2.24, 2.45) is 5.73 Å². The molecule has 0 spiro atoms. The molecule has 0 saturated carbocycles. The van der Waals surface area contributed by atoms with Gasteiger partial charge in [-0.2, -0.15) is 0 Å². The first-order chi connectivity index (χ1) is 6.02. The largest absolute Gasteiger partial charge is 0.481 e. The highest BCUT2D eigenvalue weighted by atomic mass is 16.4. The number of aromatic nitrogens is 1. The van der Waals surface area contributed by atoms with Gasteiger partial charge in [-0.15, -0.1) is 0 Å². The van der Waals surface area contributed by atoms with Gasteiger partial charge in [0, 0.05) is 6.20 Å². The Hall–Kier alpha value is -1.42. The lowest BCUT2D eigenvalue weighted by Crippen LogP contribution is -2.36. The smallest absolute Gasteiger partial charge is 0.305 e. The fourth-order valence-electron chi connectivity index (χ4n) is 1.11. The van der Waals surface area contributed by atoms with Gasteiger partial charge in [-0.1, -0.05) is 6.07 Å². The predicted molar refractivity (Wildman–Crippen MR) is 48.0 cm³/mol. The number of pyridine rings is 1. The number of rotatable bonds is 3. The number of carboxylic acids is 1. The molecule has 0 saturated heterocycles. The van der Waals surface area contributed by atoms with Crippen molar-refractivity contribution >= 4 is 5.97 Å². The minimum absolute atomic E-state index is 0.121. The van der Waals surface area contributed by atoms with Gasteiger partial charge in [0.15, 0.2) is 0 Å². The third-order valence-electron chi connectivity index (χ3n) is 1.77. The van der Waals surface area contributed by atoms with Gasteiger partial charge in [0.05, 0.1) is 17.7 Å². The van der Waals surface area contributed by atoms with E-state index in [-0.39, 0.29) is 6.42 Å². The predicted octanol–water partition coefficient (Wildman–Crippen LogP) is 0.730. The summed E-state index contributed by atoms with van der Waals surface area (Å²) in [5.74, 6) is -0.921. The Kier molecular flexibility index (Phi) is 2.63. The van der Waals surface area contributed by atoms with Crippen molar-refractivity contribution in [1.29, 1.82) is 0 Å². The molecular formula is C9H12N2O2. The molecule has 0 aliphatic rings. The van der Waals surface area contributed by atoms with E-state index in [1.165, 1.54) is 0 Å². The van der Waals surface area contributed by atoms with Gasteiger partial charge >= 0.3 is 5.97 Å². The number of hydrogen-bond donors (Lipinski definition) is 2. The van der Waals surface area contributed by atoms with Crippen molar-refractivity contribution in [2.45, 2.75) is 18.9 Å². The summed E-state index contributed by atoms with van der Waals surface area (Å²) in [6, 6.07) is 5.28. The van der Waals surface area contributed by atoms with Gasteiger partial charge in [-0.3, -0.25) is 9.78 Å². The molecule has 0 aliphatic heterocycles. The molecule has 0 amide bonds. The number of aliphatic carboxylic acids is 1. The summed E-state index contributed by atoms with van der Waals surface area (Å²) in [6.45, 7) is 1.66. The van der Waals surface area contributed by atoms with Crippen molar-refractivity contribution in [1.82, 2.24) is 4.98 Å². The van der Waals surface area contributed by atoms with Crippen LogP contribution < -0.4 is 5.73 Å². The molecule has 4 nitrogen and oxygen atoms in total. The van der Waals surface area contributed by atoms with E-state index >= 15 is 0 Å². The number of nitrogens with zero attached hydrogens (tertiary/aromatic N) is 1. The Morgan fingerprint density at radius 1 is 1.69 bits per heavy atom. The average molecular weight is 180 g/mol. The second-order valence-corrected chi connectivity index (χ2v) is 3.20. The van der Waals surface area contributed by atoms with Crippen LogP contribution in [0, 0.1) is 0 Å². The monoisotopic (exact) mass is 180 g/mol. The molecule has 0 aromatic carbocycles. The molecule has 4 heteroatoms. The van der Waals surface area contributed by atoms with Gasteiger partial charge in [0.1, 0.15) is 0 Å². The fourth-order valence-corrected chi connectivity index (χ4v) is 1.11. The summed E-state index contributed by atoms with van der Waals surface area (Å²) >= 11 is 0. The van der Waals surface area contributed by atoms with Crippen LogP contribution in [0.3, 0.4) is 0 Å². The third-order valence-corrected chi connectivity index (χ3v) is 1.77. The van der Waals surface area contributed by atoms with Crippen molar-refractivity contribution in [3.05, 3.63) is 30.1 Å². The van der Waals surface area contributed by atoms with E-state index in [1.54, 1.807) is 31.3 Å². The van der Waals surface area contributed by atoms with Crippen LogP contribution in [0.2, 0.25) is 0 Å². The maximum absolute atomic E-state index is 10.5. The van der Waals surface area contributed by atoms with Crippen LogP contribution in [0.4, 0.5) is 0 Å². The zero-order chi connectivity index (χ0) is 9.90. The molecule has 1 heterocycles. The molecule has 1 atom stereocenters. The van der Waals surface area contributed by atoms with Crippen LogP contribution in [0.25, 0.3) is 0 Å². The molecular weight excluding hydrogens is 168 g/mol. The van der Waals surface area contributed by atoms with Gasteiger partial charge in [-0.25, -0.2) is 0 Å². The lowest BCUT2D eigenvalue weighted by Gasteiger charge is -2.21. The molecule has 70 valence electrons. The van der Waals surface area contributed by atoms with E-state index in [4.69, 9.17) is 10.8 Å². The van der Waals surface area contributed by atoms with E-state index in [9.17, 15) is 4.79 Å². The molecule has 1 rings (SSSR count). The van der Waals surface area contributed by atoms with Crippen molar-refractivity contribution in [3.8, 4) is 0 Å². The minimum atomic E-state index is -0.921. The Balaban J connectivity index is 2.87. The van der Waals surface area contributed by atoms with Crippen LogP contribution in [0.5, 0.6) is 0 Å².